The topological polar surface area (TPSA) is 61.3 Å². The van der Waals surface area contributed by atoms with Crippen LogP contribution >= 0.6 is 0 Å². The van der Waals surface area contributed by atoms with E-state index in [0.29, 0.717) is 5.69 Å². The molecule has 0 fully saturated rings. The molecule has 2 aromatic rings. The maximum absolute atomic E-state index is 12.2. The highest BCUT2D eigenvalue weighted by atomic mass is 19.4. The molecule has 8 heteroatoms. The van der Waals surface area contributed by atoms with Crippen LogP contribution in [0.1, 0.15) is 29.2 Å². The number of carbonyl (C=O) groups excluding carboxylic acids is 1. The number of pyridine rings is 2. The zero-order valence-corrected chi connectivity index (χ0v) is 12.1. The van der Waals surface area contributed by atoms with Gasteiger partial charge in [-0.15, -0.1) is 0 Å². The third kappa shape index (κ3) is 4.94. The molecule has 0 unspecified atom stereocenters. The Balaban J connectivity index is 2.10. The van der Waals surface area contributed by atoms with Gasteiger partial charge in [-0.2, -0.15) is 13.2 Å². The molecular formula is C15H13F3N2O3. The zero-order valence-electron chi connectivity index (χ0n) is 12.1. The molecule has 2 heterocycles. The Morgan fingerprint density at radius 1 is 1.17 bits per heavy atom. The Kier molecular flexibility index (Phi) is 5.15. The van der Waals surface area contributed by atoms with Gasteiger partial charge in [-0.05, 0) is 31.2 Å². The van der Waals surface area contributed by atoms with Gasteiger partial charge in [-0.3, -0.25) is 4.98 Å². The second-order valence-corrected chi connectivity index (χ2v) is 4.56. The van der Waals surface area contributed by atoms with Crippen molar-refractivity contribution in [2.24, 2.45) is 0 Å². The van der Waals surface area contributed by atoms with Crippen LogP contribution in [0, 0.1) is 0 Å². The summed E-state index contributed by atoms with van der Waals surface area (Å²) in [5.41, 5.74) is 0.189. The SMILES string of the molecule is C[C@H](OC(=O)c1ncccc1OCC(F)(F)F)c1ccccn1. The number of aromatic nitrogens is 2. The number of carbonyl (C=O) groups is 1. The molecule has 2 rings (SSSR count). The van der Waals surface area contributed by atoms with Crippen LogP contribution < -0.4 is 4.74 Å². The van der Waals surface area contributed by atoms with Gasteiger partial charge in [0.05, 0.1) is 5.69 Å². The highest BCUT2D eigenvalue weighted by molar-refractivity contribution is 5.90. The van der Waals surface area contributed by atoms with Crippen molar-refractivity contribution < 1.29 is 27.4 Å². The first kappa shape index (κ1) is 16.7. The molecule has 2 aromatic heterocycles. The molecule has 0 aliphatic rings. The summed E-state index contributed by atoms with van der Waals surface area (Å²) in [6, 6.07) is 7.69. The van der Waals surface area contributed by atoms with Crippen LogP contribution in [-0.2, 0) is 4.74 Å². The van der Waals surface area contributed by atoms with Crippen molar-refractivity contribution in [1.82, 2.24) is 9.97 Å². The summed E-state index contributed by atoms with van der Waals surface area (Å²) in [6.45, 7) is 0.0776. The highest BCUT2D eigenvalue weighted by Gasteiger charge is 2.30. The molecule has 122 valence electrons. The molecular weight excluding hydrogens is 313 g/mol. The van der Waals surface area contributed by atoms with Crippen LogP contribution in [-0.4, -0.2) is 28.7 Å². The second kappa shape index (κ2) is 7.08. The van der Waals surface area contributed by atoms with E-state index in [0.717, 1.165) is 0 Å². The summed E-state index contributed by atoms with van der Waals surface area (Å²) in [5, 5.41) is 0. The second-order valence-electron chi connectivity index (χ2n) is 4.56. The first-order valence-corrected chi connectivity index (χ1v) is 6.63. The summed E-state index contributed by atoms with van der Waals surface area (Å²) >= 11 is 0. The van der Waals surface area contributed by atoms with E-state index in [2.05, 4.69) is 14.7 Å². The normalized spacial score (nSPS) is 12.5. The molecule has 0 aliphatic carbocycles. The van der Waals surface area contributed by atoms with Crippen molar-refractivity contribution >= 4 is 5.97 Å². The Morgan fingerprint density at radius 3 is 2.57 bits per heavy atom. The maximum atomic E-state index is 12.2. The van der Waals surface area contributed by atoms with Crippen molar-refractivity contribution in [2.45, 2.75) is 19.2 Å². The van der Waals surface area contributed by atoms with Gasteiger partial charge >= 0.3 is 12.1 Å². The van der Waals surface area contributed by atoms with Gasteiger partial charge in [0.25, 0.3) is 0 Å². The van der Waals surface area contributed by atoms with Gasteiger partial charge < -0.3 is 9.47 Å². The van der Waals surface area contributed by atoms with Crippen LogP contribution in [0.2, 0.25) is 0 Å². The molecule has 0 saturated carbocycles. The number of ether oxygens (including phenoxy) is 2. The largest absolute Gasteiger partial charge is 0.482 e. The number of halogens is 3. The van der Waals surface area contributed by atoms with E-state index < -0.39 is 24.9 Å². The lowest BCUT2D eigenvalue weighted by molar-refractivity contribution is -0.153. The van der Waals surface area contributed by atoms with Gasteiger partial charge in [0, 0.05) is 12.4 Å². The first-order valence-electron chi connectivity index (χ1n) is 6.63. The molecule has 0 saturated heterocycles. The van der Waals surface area contributed by atoms with E-state index in [1.807, 2.05) is 0 Å². The van der Waals surface area contributed by atoms with E-state index in [1.165, 1.54) is 24.5 Å². The predicted molar refractivity (Wildman–Crippen MR) is 73.9 cm³/mol. The lowest BCUT2D eigenvalue weighted by Crippen LogP contribution is -2.21. The van der Waals surface area contributed by atoms with Gasteiger partial charge in [0.15, 0.2) is 18.1 Å². The molecule has 0 bridgehead atoms. The molecule has 0 amide bonds. The molecule has 0 N–H and O–H groups in total. The summed E-state index contributed by atoms with van der Waals surface area (Å²) in [6.07, 6.45) is -2.39. The molecule has 0 aliphatic heterocycles. The molecule has 1 atom stereocenters. The monoisotopic (exact) mass is 326 g/mol. The fraction of sp³-hybridized carbons (Fsp3) is 0.267. The molecule has 23 heavy (non-hydrogen) atoms. The average Bonchev–Trinajstić information content (AvgIpc) is 2.53. The van der Waals surface area contributed by atoms with E-state index in [9.17, 15) is 18.0 Å². The number of esters is 1. The summed E-state index contributed by atoms with van der Waals surface area (Å²) in [7, 11) is 0. The lowest BCUT2D eigenvalue weighted by Gasteiger charge is -2.15. The van der Waals surface area contributed by atoms with E-state index in [-0.39, 0.29) is 11.4 Å². The van der Waals surface area contributed by atoms with Gasteiger partial charge in [0.2, 0.25) is 0 Å². The maximum Gasteiger partial charge on any atom is 0.422 e. The quantitative estimate of drug-likeness (QED) is 0.789. The van der Waals surface area contributed by atoms with Gasteiger partial charge in [-0.1, -0.05) is 6.07 Å². The summed E-state index contributed by atoms with van der Waals surface area (Å²) in [5.74, 6) is -1.18. The minimum absolute atomic E-state index is 0.289. The zero-order chi connectivity index (χ0) is 16.9. The fourth-order valence-corrected chi connectivity index (χ4v) is 1.71. The van der Waals surface area contributed by atoms with Crippen LogP contribution in [0.4, 0.5) is 13.2 Å². The number of alkyl halides is 3. The van der Waals surface area contributed by atoms with Crippen molar-refractivity contribution in [3.8, 4) is 5.75 Å². The van der Waals surface area contributed by atoms with Gasteiger partial charge in [0.1, 0.15) is 6.10 Å². The molecule has 0 radical (unpaired) electrons. The minimum Gasteiger partial charge on any atom is -0.482 e. The van der Waals surface area contributed by atoms with E-state index in [1.54, 1.807) is 25.1 Å². The van der Waals surface area contributed by atoms with Crippen molar-refractivity contribution in [3.05, 3.63) is 54.1 Å². The number of hydrogen-bond acceptors (Lipinski definition) is 5. The Morgan fingerprint density at radius 2 is 1.91 bits per heavy atom. The molecule has 0 spiro atoms. The Hall–Kier alpha value is -2.64. The van der Waals surface area contributed by atoms with Crippen LogP contribution in [0.3, 0.4) is 0 Å². The van der Waals surface area contributed by atoms with Gasteiger partial charge in [-0.25, -0.2) is 9.78 Å². The van der Waals surface area contributed by atoms with Crippen molar-refractivity contribution in [3.63, 3.8) is 0 Å². The summed E-state index contributed by atoms with van der Waals surface area (Å²) < 4.78 is 46.5. The minimum atomic E-state index is -4.52. The lowest BCUT2D eigenvalue weighted by atomic mass is 10.2. The Bertz CT molecular complexity index is 663. The third-order valence-corrected chi connectivity index (χ3v) is 2.74. The standard InChI is InChI=1S/C15H13F3N2O3/c1-10(11-5-2-3-7-19-11)23-14(21)13-12(6-4-8-20-13)22-9-15(16,17)18/h2-8,10H,9H2,1H3/t10-/m0/s1. The number of nitrogens with zero attached hydrogens (tertiary/aromatic N) is 2. The van der Waals surface area contributed by atoms with Crippen molar-refractivity contribution in [2.75, 3.05) is 6.61 Å². The highest BCUT2D eigenvalue weighted by Crippen LogP contribution is 2.23. The number of rotatable bonds is 5. The van der Waals surface area contributed by atoms with E-state index in [4.69, 9.17) is 4.74 Å². The first-order chi connectivity index (χ1) is 10.9. The smallest absolute Gasteiger partial charge is 0.422 e. The summed E-state index contributed by atoms with van der Waals surface area (Å²) in [4.78, 5) is 19.9. The molecule has 0 aromatic carbocycles. The molecule has 5 nitrogen and oxygen atoms in total. The van der Waals surface area contributed by atoms with Crippen molar-refractivity contribution in [1.29, 1.82) is 0 Å². The average molecular weight is 326 g/mol. The fourth-order valence-electron chi connectivity index (χ4n) is 1.71. The Labute approximate surface area is 130 Å². The predicted octanol–water partition coefficient (Wildman–Crippen LogP) is 3.34. The van der Waals surface area contributed by atoms with Crippen LogP contribution in [0.15, 0.2) is 42.7 Å². The third-order valence-electron chi connectivity index (χ3n) is 2.74. The number of hydrogen-bond donors (Lipinski definition) is 0. The van der Waals surface area contributed by atoms with Crippen LogP contribution in [0.25, 0.3) is 0 Å². The van der Waals surface area contributed by atoms with E-state index >= 15 is 0 Å². The van der Waals surface area contributed by atoms with Crippen LogP contribution in [0.5, 0.6) is 5.75 Å².